The maximum absolute atomic E-state index is 12.8. The molecule has 0 aliphatic rings. The summed E-state index contributed by atoms with van der Waals surface area (Å²) in [5.74, 6) is -0.743. The standard InChI is InChI=1S/C8H7FN2OS/c9-7-5-6(1-2-8(7)11)13(12)4-3-10/h1-2,5H,4,11H2. The molecule has 2 N–H and O–H groups in total. The van der Waals surface area contributed by atoms with Crippen LogP contribution in [-0.4, -0.2) is 9.96 Å². The summed E-state index contributed by atoms with van der Waals surface area (Å²) >= 11 is 0. The Labute approximate surface area is 77.4 Å². The van der Waals surface area contributed by atoms with Crippen LogP contribution in [0, 0.1) is 17.1 Å². The molecule has 0 aromatic heterocycles. The van der Waals surface area contributed by atoms with Gasteiger partial charge in [0, 0.05) is 4.90 Å². The van der Waals surface area contributed by atoms with E-state index in [1.165, 1.54) is 12.1 Å². The molecule has 0 bridgehead atoms. The van der Waals surface area contributed by atoms with Gasteiger partial charge in [0.25, 0.3) is 0 Å². The van der Waals surface area contributed by atoms with Crippen LogP contribution in [-0.2, 0) is 10.8 Å². The van der Waals surface area contributed by atoms with Crippen molar-refractivity contribution in [1.29, 1.82) is 5.26 Å². The van der Waals surface area contributed by atoms with Crippen LogP contribution in [0.3, 0.4) is 0 Å². The Hall–Kier alpha value is -1.41. The van der Waals surface area contributed by atoms with Gasteiger partial charge in [0.15, 0.2) is 0 Å². The molecular formula is C8H7FN2OS. The van der Waals surface area contributed by atoms with Gasteiger partial charge in [-0.05, 0) is 18.2 Å². The maximum Gasteiger partial charge on any atom is 0.147 e. The number of hydrogen-bond donors (Lipinski definition) is 1. The van der Waals surface area contributed by atoms with E-state index >= 15 is 0 Å². The number of benzene rings is 1. The lowest BCUT2D eigenvalue weighted by molar-refractivity contribution is 0.627. The average molecular weight is 198 g/mol. The Morgan fingerprint density at radius 2 is 2.31 bits per heavy atom. The van der Waals surface area contributed by atoms with Crippen LogP contribution in [0.25, 0.3) is 0 Å². The number of nitrogen functional groups attached to an aromatic ring is 1. The van der Waals surface area contributed by atoms with E-state index in [9.17, 15) is 8.60 Å². The molecule has 1 rings (SSSR count). The summed E-state index contributed by atoms with van der Waals surface area (Å²) in [6, 6.07) is 5.62. The van der Waals surface area contributed by atoms with Gasteiger partial charge in [-0.1, -0.05) is 0 Å². The monoisotopic (exact) mass is 198 g/mol. The van der Waals surface area contributed by atoms with Crippen LogP contribution in [0.15, 0.2) is 23.1 Å². The third kappa shape index (κ3) is 2.26. The van der Waals surface area contributed by atoms with Gasteiger partial charge in [0.05, 0.1) is 22.6 Å². The van der Waals surface area contributed by atoms with Crippen molar-refractivity contribution in [1.82, 2.24) is 0 Å². The van der Waals surface area contributed by atoms with Crippen molar-refractivity contribution in [2.45, 2.75) is 4.90 Å². The molecule has 1 atom stereocenters. The Morgan fingerprint density at radius 1 is 1.62 bits per heavy atom. The SMILES string of the molecule is N#CCS(=O)c1ccc(N)c(F)c1. The van der Waals surface area contributed by atoms with Gasteiger partial charge < -0.3 is 5.73 Å². The summed E-state index contributed by atoms with van der Waals surface area (Å²) in [6.07, 6.45) is 0. The van der Waals surface area contributed by atoms with Gasteiger partial charge in [-0.15, -0.1) is 0 Å². The fraction of sp³-hybridized carbons (Fsp3) is 0.125. The Balaban J connectivity index is 2.98. The Kier molecular flexibility index (Phi) is 2.98. The molecule has 13 heavy (non-hydrogen) atoms. The number of nitrogens with zero attached hydrogens (tertiary/aromatic N) is 1. The molecule has 1 aromatic carbocycles. The van der Waals surface area contributed by atoms with Crippen molar-refractivity contribution in [3.63, 3.8) is 0 Å². The molecule has 1 unspecified atom stereocenters. The summed E-state index contributed by atoms with van der Waals surface area (Å²) < 4.78 is 24.0. The van der Waals surface area contributed by atoms with Gasteiger partial charge in [-0.25, -0.2) is 4.39 Å². The molecule has 0 heterocycles. The number of anilines is 1. The minimum absolute atomic E-state index is 0.0118. The molecule has 0 radical (unpaired) electrons. The largest absolute Gasteiger partial charge is 0.396 e. The zero-order chi connectivity index (χ0) is 9.84. The van der Waals surface area contributed by atoms with E-state index in [0.29, 0.717) is 0 Å². The molecule has 5 heteroatoms. The molecule has 0 saturated heterocycles. The first-order valence-corrected chi connectivity index (χ1v) is 4.77. The van der Waals surface area contributed by atoms with E-state index in [1.54, 1.807) is 6.07 Å². The molecule has 1 aromatic rings. The maximum atomic E-state index is 12.8. The Bertz CT molecular complexity index is 386. The van der Waals surface area contributed by atoms with Gasteiger partial charge in [-0.3, -0.25) is 4.21 Å². The summed E-state index contributed by atoms with van der Waals surface area (Å²) in [5.41, 5.74) is 5.24. The van der Waals surface area contributed by atoms with Crippen LogP contribution >= 0.6 is 0 Å². The lowest BCUT2D eigenvalue weighted by Crippen LogP contribution is -1.98. The van der Waals surface area contributed by atoms with Gasteiger partial charge in [0.2, 0.25) is 0 Å². The van der Waals surface area contributed by atoms with Crippen molar-refractivity contribution >= 4 is 16.5 Å². The third-order valence-corrected chi connectivity index (χ3v) is 2.60. The molecule has 0 saturated carbocycles. The fourth-order valence-electron chi connectivity index (χ4n) is 0.791. The molecular weight excluding hydrogens is 191 g/mol. The zero-order valence-electron chi connectivity index (χ0n) is 6.66. The molecule has 0 aliphatic heterocycles. The first kappa shape index (κ1) is 9.68. The highest BCUT2D eigenvalue weighted by Crippen LogP contribution is 2.14. The number of nitriles is 1. The number of hydrogen-bond acceptors (Lipinski definition) is 3. The van der Waals surface area contributed by atoms with Crippen molar-refractivity contribution < 1.29 is 8.60 Å². The number of rotatable bonds is 2. The van der Waals surface area contributed by atoms with E-state index < -0.39 is 16.6 Å². The van der Waals surface area contributed by atoms with Crippen LogP contribution in [0.2, 0.25) is 0 Å². The quantitative estimate of drug-likeness (QED) is 0.722. The molecule has 68 valence electrons. The van der Waals surface area contributed by atoms with Crippen LogP contribution in [0.4, 0.5) is 10.1 Å². The second-order valence-electron chi connectivity index (χ2n) is 2.33. The van der Waals surface area contributed by atoms with E-state index in [0.717, 1.165) is 6.07 Å². The van der Waals surface area contributed by atoms with Crippen molar-refractivity contribution in [3.8, 4) is 6.07 Å². The second kappa shape index (κ2) is 4.01. The summed E-state index contributed by atoms with van der Waals surface area (Å²) in [4.78, 5) is 0.285. The van der Waals surface area contributed by atoms with E-state index in [1.807, 2.05) is 0 Å². The minimum atomic E-state index is -1.46. The van der Waals surface area contributed by atoms with Crippen molar-refractivity contribution in [2.75, 3.05) is 11.5 Å². The minimum Gasteiger partial charge on any atom is -0.396 e. The Morgan fingerprint density at radius 3 is 2.85 bits per heavy atom. The smallest absolute Gasteiger partial charge is 0.147 e. The first-order valence-electron chi connectivity index (χ1n) is 3.45. The normalized spacial score (nSPS) is 12.0. The average Bonchev–Trinajstić information content (AvgIpc) is 2.10. The molecule has 0 aliphatic carbocycles. The fourth-order valence-corrected chi connectivity index (χ4v) is 1.53. The number of nitrogens with two attached hydrogens (primary N) is 1. The molecule has 0 amide bonds. The highest BCUT2D eigenvalue weighted by Gasteiger charge is 2.05. The van der Waals surface area contributed by atoms with Crippen LogP contribution in [0.5, 0.6) is 0 Å². The van der Waals surface area contributed by atoms with E-state index in [4.69, 9.17) is 11.0 Å². The second-order valence-corrected chi connectivity index (χ2v) is 3.78. The predicted octanol–water partition coefficient (Wildman–Crippen LogP) is 1.04. The summed E-state index contributed by atoms with van der Waals surface area (Å²) in [7, 11) is -1.46. The highest BCUT2D eigenvalue weighted by molar-refractivity contribution is 7.85. The van der Waals surface area contributed by atoms with E-state index in [2.05, 4.69) is 0 Å². The lowest BCUT2D eigenvalue weighted by atomic mass is 10.3. The van der Waals surface area contributed by atoms with Crippen molar-refractivity contribution in [2.24, 2.45) is 0 Å². The number of halogens is 1. The van der Waals surface area contributed by atoms with Gasteiger partial charge in [0.1, 0.15) is 11.6 Å². The van der Waals surface area contributed by atoms with Gasteiger partial charge >= 0.3 is 0 Å². The lowest BCUT2D eigenvalue weighted by Gasteiger charge is -1.99. The van der Waals surface area contributed by atoms with Crippen LogP contribution in [0.1, 0.15) is 0 Å². The van der Waals surface area contributed by atoms with Crippen molar-refractivity contribution in [3.05, 3.63) is 24.0 Å². The molecule has 0 fully saturated rings. The third-order valence-electron chi connectivity index (χ3n) is 1.43. The van der Waals surface area contributed by atoms with Crippen LogP contribution < -0.4 is 5.73 Å². The summed E-state index contributed by atoms with van der Waals surface area (Å²) in [6.45, 7) is 0. The summed E-state index contributed by atoms with van der Waals surface area (Å²) in [5, 5.41) is 8.26. The van der Waals surface area contributed by atoms with Gasteiger partial charge in [-0.2, -0.15) is 5.26 Å². The first-order chi connectivity index (χ1) is 6.15. The zero-order valence-corrected chi connectivity index (χ0v) is 7.47. The predicted molar refractivity (Wildman–Crippen MR) is 47.7 cm³/mol. The molecule has 0 spiro atoms. The topological polar surface area (TPSA) is 66.9 Å². The van der Waals surface area contributed by atoms with E-state index in [-0.39, 0.29) is 16.3 Å². The highest BCUT2D eigenvalue weighted by atomic mass is 32.2. The molecule has 3 nitrogen and oxygen atoms in total.